The zero-order valence-electron chi connectivity index (χ0n) is 15.0. The summed E-state index contributed by atoms with van der Waals surface area (Å²) < 4.78 is 0. The molecule has 0 aromatic rings. The third-order valence-electron chi connectivity index (χ3n) is 3.93. The highest BCUT2D eigenvalue weighted by Gasteiger charge is 2.32. The van der Waals surface area contributed by atoms with Gasteiger partial charge < -0.3 is 15.6 Å². The van der Waals surface area contributed by atoms with Crippen molar-refractivity contribution in [2.24, 2.45) is 15.5 Å². The molecule has 0 aliphatic rings. The predicted molar refractivity (Wildman–Crippen MR) is 98.4 cm³/mol. The topological polar surface area (TPSA) is 97.8 Å². The maximum Gasteiger partial charge on any atom is 0.0680 e. The van der Waals surface area contributed by atoms with Crippen molar-refractivity contribution in [1.82, 2.24) is 0 Å². The second kappa shape index (κ2) is 12.1. The molecule has 0 heterocycles. The van der Waals surface area contributed by atoms with E-state index in [9.17, 15) is 15.6 Å². The Morgan fingerprint density at radius 3 is 1.09 bits per heavy atom. The molecule has 23 heavy (non-hydrogen) atoms. The Bertz CT molecular complexity index is 363. The van der Waals surface area contributed by atoms with Crippen molar-refractivity contribution in [3.8, 4) is 0 Å². The van der Waals surface area contributed by atoms with Crippen LogP contribution in [-0.2, 0) is 0 Å². The van der Waals surface area contributed by atoms with E-state index in [1.807, 2.05) is 0 Å². The molecule has 0 aliphatic heterocycles. The van der Waals surface area contributed by atoms with Gasteiger partial charge in [-0.25, -0.2) is 0 Å². The lowest BCUT2D eigenvalue weighted by atomic mass is 10.2. The molecule has 134 valence electrons. The molecule has 3 N–H and O–H groups in total. The summed E-state index contributed by atoms with van der Waals surface area (Å²) in [4.78, 5) is 0. The molecular weight excluding hydrogens is 310 g/mol. The second-order valence-electron chi connectivity index (χ2n) is 6.59. The molecule has 0 atom stereocenters. The minimum Gasteiger partial charge on any atom is -0.411 e. The largest absolute Gasteiger partial charge is 0.411 e. The van der Waals surface area contributed by atoms with Gasteiger partial charge in [0.2, 0.25) is 0 Å². The zero-order valence-corrected chi connectivity index (χ0v) is 16.0. The van der Waals surface area contributed by atoms with Crippen LogP contribution in [0.5, 0.6) is 0 Å². The fraction of sp³-hybridized carbons (Fsp3) is 0.812. The summed E-state index contributed by atoms with van der Waals surface area (Å²) in [6.45, 7) is 8.37. The Kier molecular flexibility index (Phi) is 11.4. The molecule has 0 spiro atoms. The summed E-state index contributed by atoms with van der Waals surface area (Å²) in [7, 11) is -1.99. The Labute approximate surface area is 141 Å². The molecule has 0 bridgehead atoms. The van der Waals surface area contributed by atoms with E-state index in [1.165, 1.54) is 0 Å². The van der Waals surface area contributed by atoms with Crippen LogP contribution in [0.1, 0.15) is 59.3 Å². The first-order valence-electron chi connectivity index (χ1n) is 8.57. The van der Waals surface area contributed by atoms with Crippen LogP contribution >= 0.6 is 0 Å². The van der Waals surface area contributed by atoms with Crippen molar-refractivity contribution >= 4 is 25.2 Å². The first-order valence-corrected chi connectivity index (χ1v) is 11.7. The minimum absolute atomic E-state index is 0.725. The highest BCUT2D eigenvalue weighted by atomic mass is 28.3. The van der Waals surface area contributed by atoms with Crippen molar-refractivity contribution in [2.75, 3.05) is 0 Å². The Morgan fingerprint density at radius 1 is 0.652 bits per heavy atom. The molecule has 0 fully saturated rings. The molecule has 0 saturated heterocycles. The lowest BCUT2D eigenvalue weighted by Gasteiger charge is -2.28. The fourth-order valence-corrected chi connectivity index (χ4v) is 7.13. The van der Waals surface area contributed by atoms with Crippen molar-refractivity contribution in [3.63, 3.8) is 0 Å². The molecule has 0 unspecified atom stereocenters. The van der Waals surface area contributed by atoms with Gasteiger partial charge in [-0.05, 0) is 37.4 Å². The highest BCUT2D eigenvalue weighted by Crippen LogP contribution is 2.26. The molecule has 7 heteroatoms. The monoisotopic (exact) mass is 343 g/mol. The van der Waals surface area contributed by atoms with E-state index in [-0.39, 0.29) is 0 Å². The van der Waals surface area contributed by atoms with Gasteiger partial charge in [0.15, 0.2) is 0 Å². The summed E-state index contributed by atoms with van der Waals surface area (Å²) in [5.41, 5.74) is 2.39. The van der Waals surface area contributed by atoms with E-state index in [0.29, 0.717) is 0 Å². The van der Waals surface area contributed by atoms with Crippen molar-refractivity contribution < 1.29 is 15.6 Å². The van der Waals surface area contributed by atoms with Gasteiger partial charge in [-0.1, -0.05) is 62.0 Å². The number of hydrogen-bond acceptors (Lipinski definition) is 6. The van der Waals surface area contributed by atoms with E-state index >= 15 is 0 Å². The van der Waals surface area contributed by atoms with Crippen LogP contribution in [0.25, 0.3) is 0 Å². The SMILES string of the molecule is CCCC(C[Si](C)(CC(CCC)=NO)CC(CCC)=NO)=NO. The zero-order chi connectivity index (χ0) is 17.7. The van der Waals surface area contributed by atoms with E-state index in [0.717, 1.165) is 73.8 Å². The molecule has 0 radical (unpaired) electrons. The van der Waals surface area contributed by atoms with Crippen LogP contribution in [0.2, 0.25) is 24.7 Å². The molecular formula is C16H33N3O3Si. The third-order valence-corrected chi connectivity index (χ3v) is 7.72. The fourth-order valence-electron chi connectivity index (χ4n) is 3.05. The lowest BCUT2D eigenvalue weighted by Crippen LogP contribution is -2.38. The van der Waals surface area contributed by atoms with Gasteiger partial charge in [-0.2, -0.15) is 0 Å². The molecule has 0 aromatic carbocycles. The molecule has 6 nitrogen and oxygen atoms in total. The smallest absolute Gasteiger partial charge is 0.0680 e. The molecule has 0 saturated carbocycles. The summed E-state index contributed by atoms with van der Waals surface area (Å²) in [6, 6.07) is 2.18. The molecule has 0 rings (SSSR count). The van der Waals surface area contributed by atoms with Crippen LogP contribution in [0, 0.1) is 0 Å². The Hall–Kier alpha value is -1.37. The first-order chi connectivity index (χ1) is 11.0. The molecule has 0 amide bonds. The van der Waals surface area contributed by atoms with E-state index < -0.39 is 8.07 Å². The number of hydrogen-bond donors (Lipinski definition) is 3. The van der Waals surface area contributed by atoms with Gasteiger partial charge in [0.25, 0.3) is 0 Å². The van der Waals surface area contributed by atoms with Gasteiger partial charge in [-0.15, -0.1) is 0 Å². The van der Waals surface area contributed by atoms with Crippen molar-refractivity contribution in [2.45, 2.75) is 84.0 Å². The molecule has 0 aromatic heterocycles. The van der Waals surface area contributed by atoms with Gasteiger partial charge in [0.05, 0.1) is 25.2 Å². The van der Waals surface area contributed by atoms with Crippen LogP contribution in [0.15, 0.2) is 15.5 Å². The van der Waals surface area contributed by atoms with Crippen LogP contribution in [0.4, 0.5) is 0 Å². The lowest BCUT2D eigenvalue weighted by molar-refractivity contribution is 0.317. The van der Waals surface area contributed by atoms with Gasteiger partial charge >= 0.3 is 0 Å². The normalized spacial score (nSPS) is 16.4. The van der Waals surface area contributed by atoms with Gasteiger partial charge in [0, 0.05) is 0 Å². The van der Waals surface area contributed by atoms with Crippen molar-refractivity contribution in [1.29, 1.82) is 0 Å². The average molecular weight is 344 g/mol. The number of nitrogens with zero attached hydrogens (tertiary/aromatic N) is 3. The van der Waals surface area contributed by atoms with Gasteiger partial charge in [0.1, 0.15) is 0 Å². The highest BCUT2D eigenvalue weighted by molar-refractivity contribution is 6.86. The van der Waals surface area contributed by atoms with Crippen LogP contribution in [0.3, 0.4) is 0 Å². The van der Waals surface area contributed by atoms with E-state index in [4.69, 9.17) is 0 Å². The summed E-state index contributed by atoms with van der Waals surface area (Å²) in [6.07, 6.45) is 5.06. The standard InChI is InChI=1S/C16H33N3O3Si/c1-5-8-14(17-20)11-23(4,12-15(18-21)9-6-2)13-16(19-22)10-7-3/h20-22H,5-13H2,1-4H3. The maximum atomic E-state index is 9.26. The van der Waals surface area contributed by atoms with Gasteiger partial charge in [-0.3, -0.25) is 0 Å². The number of rotatable bonds is 12. The van der Waals surface area contributed by atoms with Crippen LogP contribution in [-0.4, -0.2) is 40.8 Å². The first kappa shape index (κ1) is 21.6. The summed E-state index contributed by atoms with van der Waals surface area (Å²) >= 11 is 0. The maximum absolute atomic E-state index is 9.26. The number of oxime groups is 3. The van der Waals surface area contributed by atoms with E-state index in [2.05, 4.69) is 42.8 Å². The van der Waals surface area contributed by atoms with Crippen molar-refractivity contribution in [3.05, 3.63) is 0 Å². The second-order valence-corrected chi connectivity index (χ2v) is 11.3. The Morgan fingerprint density at radius 2 is 0.913 bits per heavy atom. The van der Waals surface area contributed by atoms with E-state index in [1.54, 1.807) is 0 Å². The van der Waals surface area contributed by atoms with Crippen LogP contribution < -0.4 is 0 Å². The average Bonchev–Trinajstić information content (AvgIpc) is 2.53. The summed E-state index contributed by atoms with van der Waals surface area (Å²) in [5, 5.41) is 38.2. The third kappa shape index (κ3) is 8.73. The predicted octanol–water partition coefficient (Wildman–Crippen LogP) is 4.96. The molecule has 0 aliphatic carbocycles. The summed E-state index contributed by atoms with van der Waals surface area (Å²) in [5.74, 6) is 0. The minimum atomic E-state index is -1.99. The quantitative estimate of drug-likeness (QED) is 0.202. The Balaban J connectivity index is 5.31.